The molecule has 6 heteroatoms. The monoisotopic (exact) mass is 414 g/mol. The first kappa shape index (κ1) is 19.9. The van der Waals surface area contributed by atoms with E-state index in [1.807, 2.05) is 24.0 Å². The van der Waals surface area contributed by atoms with Crippen LogP contribution >= 0.6 is 11.6 Å². The lowest BCUT2D eigenvalue weighted by molar-refractivity contribution is -0.135. The van der Waals surface area contributed by atoms with Gasteiger partial charge in [0.1, 0.15) is 5.82 Å². The fourth-order valence-corrected chi connectivity index (χ4v) is 4.37. The van der Waals surface area contributed by atoms with Gasteiger partial charge in [0.25, 0.3) is 0 Å². The maximum absolute atomic E-state index is 13.6. The molecule has 0 radical (unpaired) electrons. The number of likely N-dealkylation sites (tertiary alicyclic amines) is 1. The molecule has 1 aliphatic heterocycles. The van der Waals surface area contributed by atoms with Crippen molar-refractivity contribution in [3.63, 3.8) is 0 Å². The Morgan fingerprint density at radius 1 is 1.21 bits per heavy atom. The minimum absolute atomic E-state index is 0.0632. The Morgan fingerprint density at radius 3 is 2.59 bits per heavy atom. The van der Waals surface area contributed by atoms with Crippen LogP contribution in [0.3, 0.4) is 0 Å². The average molecular weight is 415 g/mol. The van der Waals surface area contributed by atoms with Gasteiger partial charge in [0, 0.05) is 41.1 Å². The Kier molecular flexibility index (Phi) is 5.36. The number of halogens is 2. The van der Waals surface area contributed by atoms with Gasteiger partial charge in [-0.2, -0.15) is 0 Å². The van der Waals surface area contributed by atoms with Gasteiger partial charge in [0.2, 0.25) is 5.91 Å². The fraction of sp³-hybridized carbons (Fsp3) is 0.348. The third-order valence-corrected chi connectivity index (χ3v) is 6.25. The van der Waals surface area contributed by atoms with E-state index in [0.29, 0.717) is 43.8 Å². The quantitative estimate of drug-likeness (QED) is 0.649. The van der Waals surface area contributed by atoms with Crippen molar-refractivity contribution in [2.24, 2.45) is 0 Å². The molecule has 1 saturated heterocycles. The molecule has 0 unspecified atom stereocenters. The molecule has 29 heavy (non-hydrogen) atoms. The zero-order chi connectivity index (χ0) is 20.6. The number of aromatic nitrogens is 1. The van der Waals surface area contributed by atoms with Crippen molar-refractivity contribution in [2.75, 3.05) is 13.1 Å². The van der Waals surface area contributed by atoms with Crippen LogP contribution in [0.15, 0.2) is 42.5 Å². The molecule has 3 aromatic rings. The van der Waals surface area contributed by atoms with Crippen molar-refractivity contribution in [3.05, 3.63) is 70.1 Å². The highest BCUT2D eigenvalue weighted by molar-refractivity contribution is 6.30. The summed E-state index contributed by atoms with van der Waals surface area (Å²) in [5.41, 5.74) is 2.76. The Hall–Kier alpha value is -2.37. The normalized spacial score (nSPS) is 16.3. The van der Waals surface area contributed by atoms with Crippen LogP contribution in [0.25, 0.3) is 10.9 Å². The van der Waals surface area contributed by atoms with Crippen molar-refractivity contribution in [2.45, 2.75) is 38.2 Å². The summed E-state index contributed by atoms with van der Waals surface area (Å²) in [6, 6.07) is 11.9. The molecule has 0 aliphatic carbocycles. The molecule has 2 aromatic carbocycles. The smallest absolute Gasteiger partial charge is 0.222 e. The summed E-state index contributed by atoms with van der Waals surface area (Å²) >= 11 is 5.94. The molecule has 2 heterocycles. The molecular formula is C23H24ClFN2O2. The van der Waals surface area contributed by atoms with Crippen LogP contribution in [0.1, 0.15) is 36.1 Å². The molecule has 4 rings (SSSR count). The van der Waals surface area contributed by atoms with Crippen LogP contribution in [0.2, 0.25) is 5.02 Å². The molecule has 1 fully saturated rings. The topological polar surface area (TPSA) is 56.3 Å². The standard InChI is InChI=1S/C23H24ClFN2O2/c1-15-19(20-14-18(25)6-8-21(20)26-15)7-9-22(28)27-12-10-23(29,11-13-27)16-2-4-17(24)5-3-16/h2-6,8,14,26,29H,7,9-13H2,1H3. The Morgan fingerprint density at radius 2 is 1.90 bits per heavy atom. The van der Waals surface area contributed by atoms with Crippen LogP contribution < -0.4 is 0 Å². The van der Waals surface area contributed by atoms with Crippen LogP contribution in [0.4, 0.5) is 4.39 Å². The van der Waals surface area contributed by atoms with Crippen LogP contribution in [0.5, 0.6) is 0 Å². The second-order valence-electron chi connectivity index (χ2n) is 7.84. The van der Waals surface area contributed by atoms with Gasteiger partial charge >= 0.3 is 0 Å². The van der Waals surface area contributed by atoms with Crippen LogP contribution in [-0.2, 0) is 16.8 Å². The highest BCUT2D eigenvalue weighted by Gasteiger charge is 2.35. The molecule has 2 N–H and O–H groups in total. The van der Waals surface area contributed by atoms with Gasteiger partial charge in [-0.3, -0.25) is 4.79 Å². The van der Waals surface area contributed by atoms with E-state index in [2.05, 4.69) is 4.98 Å². The fourth-order valence-electron chi connectivity index (χ4n) is 4.24. The summed E-state index contributed by atoms with van der Waals surface area (Å²) in [5, 5.41) is 12.4. The van der Waals surface area contributed by atoms with E-state index in [4.69, 9.17) is 11.6 Å². The van der Waals surface area contributed by atoms with E-state index in [0.717, 1.165) is 27.7 Å². The summed E-state index contributed by atoms with van der Waals surface area (Å²) < 4.78 is 13.6. The molecule has 0 atom stereocenters. The number of nitrogens with zero attached hydrogens (tertiary/aromatic N) is 1. The lowest BCUT2D eigenvalue weighted by Crippen LogP contribution is -2.45. The Balaban J connectivity index is 1.39. The van der Waals surface area contributed by atoms with E-state index >= 15 is 0 Å². The summed E-state index contributed by atoms with van der Waals surface area (Å²) in [6.07, 6.45) is 1.92. The molecule has 4 nitrogen and oxygen atoms in total. The van der Waals surface area contributed by atoms with Gasteiger partial charge in [0.05, 0.1) is 5.60 Å². The number of nitrogens with one attached hydrogen (secondary N) is 1. The number of benzene rings is 2. The van der Waals surface area contributed by atoms with E-state index in [1.54, 1.807) is 18.2 Å². The number of rotatable bonds is 4. The first-order chi connectivity index (χ1) is 13.9. The van der Waals surface area contributed by atoms with Gasteiger partial charge in [-0.1, -0.05) is 23.7 Å². The minimum atomic E-state index is -0.924. The van der Waals surface area contributed by atoms with Gasteiger partial charge in [0.15, 0.2) is 0 Å². The number of aromatic amines is 1. The second kappa shape index (κ2) is 7.81. The lowest BCUT2D eigenvalue weighted by atomic mass is 9.84. The van der Waals surface area contributed by atoms with E-state index in [-0.39, 0.29) is 11.7 Å². The minimum Gasteiger partial charge on any atom is -0.385 e. The van der Waals surface area contributed by atoms with Crippen molar-refractivity contribution < 1.29 is 14.3 Å². The van der Waals surface area contributed by atoms with Gasteiger partial charge < -0.3 is 15.0 Å². The van der Waals surface area contributed by atoms with Gasteiger partial charge in [-0.05, 0) is 67.6 Å². The summed E-state index contributed by atoms with van der Waals surface area (Å²) in [4.78, 5) is 17.8. The molecule has 0 saturated carbocycles. The SMILES string of the molecule is Cc1[nH]c2ccc(F)cc2c1CCC(=O)N1CCC(O)(c2ccc(Cl)cc2)CC1. The lowest BCUT2D eigenvalue weighted by Gasteiger charge is -2.38. The number of carbonyl (C=O) groups excluding carboxylic acids is 1. The highest BCUT2D eigenvalue weighted by Crippen LogP contribution is 2.34. The summed E-state index contributed by atoms with van der Waals surface area (Å²) in [7, 11) is 0. The predicted octanol–water partition coefficient (Wildman–Crippen LogP) is 4.71. The van der Waals surface area contributed by atoms with Crippen molar-refractivity contribution in [3.8, 4) is 0 Å². The van der Waals surface area contributed by atoms with E-state index in [9.17, 15) is 14.3 Å². The maximum Gasteiger partial charge on any atom is 0.222 e. The average Bonchev–Trinajstić information content (AvgIpc) is 3.01. The first-order valence-electron chi connectivity index (χ1n) is 9.89. The Labute approximate surface area is 174 Å². The molecule has 0 bridgehead atoms. The van der Waals surface area contributed by atoms with E-state index in [1.165, 1.54) is 12.1 Å². The predicted molar refractivity (Wildman–Crippen MR) is 112 cm³/mol. The number of hydrogen-bond acceptors (Lipinski definition) is 2. The number of piperidine rings is 1. The maximum atomic E-state index is 13.6. The number of fused-ring (bicyclic) bond motifs is 1. The third kappa shape index (κ3) is 4.02. The summed E-state index contributed by atoms with van der Waals surface area (Å²) in [5.74, 6) is -0.213. The van der Waals surface area contributed by atoms with Crippen LogP contribution in [0, 0.1) is 12.7 Å². The number of aryl methyl sites for hydroxylation is 2. The summed E-state index contributed by atoms with van der Waals surface area (Å²) in [6.45, 7) is 2.98. The molecule has 1 aromatic heterocycles. The molecular weight excluding hydrogens is 391 g/mol. The van der Waals surface area contributed by atoms with E-state index < -0.39 is 5.60 Å². The van der Waals surface area contributed by atoms with Crippen molar-refractivity contribution in [1.29, 1.82) is 0 Å². The highest BCUT2D eigenvalue weighted by atomic mass is 35.5. The third-order valence-electron chi connectivity index (χ3n) is 6.00. The zero-order valence-electron chi connectivity index (χ0n) is 16.3. The van der Waals surface area contributed by atoms with Gasteiger partial charge in [-0.25, -0.2) is 4.39 Å². The van der Waals surface area contributed by atoms with Crippen molar-refractivity contribution in [1.82, 2.24) is 9.88 Å². The number of amides is 1. The number of H-pyrrole nitrogens is 1. The molecule has 152 valence electrons. The zero-order valence-corrected chi connectivity index (χ0v) is 17.1. The van der Waals surface area contributed by atoms with Gasteiger partial charge in [-0.15, -0.1) is 0 Å². The Bertz CT molecular complexity index is 1040. The number of carbonyl (C=O) groups is 1. The second-order valence-corrected chi connectivity index (χ2v) is 8.27. The first-order valence-corrected chi connectivity index (χ1v) is 10.3. The number of aliphatic hydroxyl groups is 1. The molecule has 1 aliphatic rings. The molecule has 0 spiro atoms. The van der Waals surface area contributed by atoms with Crippen molar-refractivity contribution >= 4 is 28.4 Å². The number of hydrogen-bond donors (Lipinski definition) is 2. The molecule has 1 amide bonds. The largest absolute Gasteiger partial charge is 0.385 e. The van der Waals surface area contributed by atoms with Crippen LogP contribution in [-0.4, -0.2) is 34.0 Å².